The molecular formula is C20H28F3N5O. The Morgan fingerprint density at radius 2 is 1.90 bits per heavy atom. The quantitative estimate of drug-likeness (QED) is 0.376. The molecule has 0 bridgehead atoms. The maximum absolute atomic E-state index is 12.2. The predicted molar refractivity (Wildman–Crippen MR) is 107 cm³/mol. The van der Waals surface area contributed by atoms with Crippen LogP contribution in [0.3, 0.4) is 0 Å². The Kier molecular flexibility index (Phi) is 8.35. The molecular weight excluding hydrogens is 383 g/mol. The number of aryl methyl sites for hydroxylation is 3. The summed E-state index contributed by atoms with van der Waals surface area (Å²) in [5, 5.41) is 10.9. The molecule has 1 aromatic carbocycles. The van der Waals surface area contributed by atoms with Crippen LogP contribution in [-0.2, 0) is 13.1 Å². The number of aliphatic imine (C=N–C) groups is 1. The van der Waals surface area contributed by atoms with Crippen molar-refractivity contribution in [2.75, 3.05) is 19.7 Å². The summed E-state index contributed by atoms with van der Waals surface area (Å²) in [7, 11) is 0. The van der Waals surface area contributed by atoms with Crippen molar-refractivity contribution in [2.45, 2.75) is 46.5 Å². The molecule has 0 unspecified atom stereocenters. The fraction of sp³-hybridized carbons (Fsp3) is 0.500. The summed E-state index contributed by atoms with van der Waals surface area (Å²) < 4.78 is 43.3. The molecule has 0 amide bonds. The first-order valence-electron chi connectivity index (χ1n) is 9.58. The van der Waals surface area contributed by atoms with Gasteiger partial charge >= 0.3 is 6.18 Å². The molecule has 0 radical (unpaired) electrons. The van der Waals surface area contributed by atoms with Crippen molar-refractivity contribution in [2.24, 2.45) is 4.99 Å². The van der Waals surface area contributed by atoms with E-state index in [1.165, 1.54) is 12.1 Å². The number of rotatable bonds is 9. The van der Waals surface area contributed by atoms with E-state index in [1.807, 2.05) is 25.5 Å². The molecule has 0 aliphatic heterocycles. The van der Waals surface area contributed by atoms with E-state index in [4.69, 9.17) is 4.74 Å². The highest BCUT2D eigenvalue weighted by Gasteiger charge is 2.28. The molecule has 0 fully saturated rings. The molecule has 1 aromatic heterocycles. The van der Waals surface area contributed by atoms with Gasteiger partial charge in [0.25, 0.3) is 0 Å². The normalized spacial score (nSPS) is 12.1. The van der Waals surface area contributed by atoms with Gasteiger partial charge in [0.05, 0.1) is 12.2 Å². The smallest absolute Gasteiger partial charge is 0.422 e. The molecule has 0 atom stereocenters. The molecule has 2 aromatic rings. The Balaban J connectivity index is 1.80. The Bertz CT molecular complexity index is 784. The third kappa shape index (κ3) is 8.45. The highest BCUT2D eigenvalue weighted by atomic mass is 19.4. The van der Waals surface area contributed by atoms with E-state index in [9.17, 15) is 13.2 Å². The van der Waals surface area contributed by atoms with E-state index in [0.717, 1.165) is 43.0 Å². The lowest BCUT2D eigenvalue weighted by Crippen LogP contribution is -2.38. The number of nitrogens with one attached hydrogen (secondary N) is 2. The van der Waals surface area contributed by atoms with E-state index in [1.54, 1.807) is 12.1 Å². The van der Waals surface area contributed by atoms with Crippen molar-refractivity contribution in [1.82, 2.24) is 20.4 Å². The Hall–Kier alpha value is -2.71. The van der Waals surface area contributed by atoms with Gasteiger partial charge in [-0.3, -0.25) is 4.68 Å². The van der Waals surface area contributed by atoms with E-state index in [2.05, 4.69) is 26.8 Å². The summed E-state index contributed by atoms with van der Waals surface area (Å²) in [5.74, 6) is 0.877. The molecule has 0 aliphatic carbocycles. The third-order valence-electron chi connectivity index (χ3n) is 4.03. The number of halogens is 3. The molecule has 1 heterocycles. The first-order valence-corrected chi connectivity index (χ1v) is 9.58. The standard InChI is InChI=1S/C20H28F3N5O/c1-4-24-19(25-10-5-11-28-16(3)12-15(2)27-28)26-13-17-6-8-18(9-7-17)29-14-20(21,22)23/h6-9,12H,4-5,10-11,13-14H2,1-3H3,(H2,24,25,26). The van der Waals surface area contributed by atoms with Crippen LogP contribution >= 0.6 is 0 Å². The van der Waals surface area contributed by atoms with Crippen LogP contribution in [0.4, 0.5) is 13.2 Å². The zero-order valence-electron chi connectivity index (χ0n) is 17.0. The molecule has 9 heteroatoms. The number of aromatic nitrogens is 2. The van der Waals surface area contributed by atoms with Crippen LogP contribution < -0.4 is 15.4 Å². The van der Waals surface area contributed by atoms with Gasteiger partial charge in [-0.25, -0.2) is 4.99 Å². The minimum Gasteiger partial charge on any atom is -0.484 e. The SMILES string of the molecule is CCNC(=NCc1ccc(OCC(F)(F)F)cc1)NCCCn1nc(C)cc1C. The van der Waals surface area contributed by atoms with E-state index in [0.29, 0.717) is 12.5 Å². The summed E-state index contributed by atoms with van der Waals surface area (Å²) in [6, 6.07) is 8.51. The number of hydrogen-bond donors (Lipinski definition) is 2. The predicted octanol–water partition coefficient (Wildman–Crippen LogP) is 3.59. The summed E-state index contributed by atoms with van der Waals surface area (Å²) in [5.41, 5.74) is 3.04. The fourth-order valence-electron chi connectivity index (χ4n) is 2.71. The molecule has 2 rings (SSSR count). The zero-order chi connectivity index (χ0) is 21.3. The summed E-state index contributed by atoms with van der Waals surface area (Å²) in [4.78, 5) is 4.52. The van der Waals surface area contributed by atoms with Crippen molar-refractivity contribution in [3.8, 4) is 5.75 Å². The summed E-state index contributed by atoms with van der Waals surface area (Å²) in [6.07, 6.45) is -3.44. The average Bonchev–Trinajstić information content (AvgIpc) is 2.98. The number of alkyl halides is 3. The molecule has 160 valence electrons. The number of hydrogen-bond acceptors (Lipinski definition) is 3. The van der Waals surface area contributed by atoms with Gasteiger partial charge in [-0.2, -0.15) is 18.3 Å². The van der Waals surface area contributed by atoms with Crippen LogP contribution in [0.15, 0.2) is 35.3 Å². The molecule has 0 saturated heterocycles. The highest BCUT2D eigenvalue weighted by Crippen LogP contribution is 2.19. The average molecular weight is 411 g/mol. The number of benzene rings is 1. The lowest BCUT2D eigenvalue weighted by atomic mass is 10.2. The van der Waals surface area contributed by atoms with Gasteiger partial charge in [-0.15, -0.1) is 0 Å². The Morgan fingerprint density at radius 3 is 2.48 bits per heavy atom. The number of guanidine groups is 1. The summed E-state index contributed by atoms with van der Waals surface area (Å²) >= 11 is 0. The van der Waals surface area contributed by atoms with Gasteiger partial charge in [0.15, 0.2) is 12.6 Å². The minimum absolute atomic E-state index is 0.184. The van der Waals surface area contributed by atoms with Crippen molar-refractivity contribution < 1.29 is 17.9 Å². The fourth-order valence-corrected chi connectivity index (χ4v) is 2.71. The van der Waals surface area contributed by atoms with E-state index >= 15 is 0 Å². The van der Waals surface area contributed by atoms with Crippen LogP contribution in [0, 0.1) is 13.8 Å². The second kappa shape index (κ2) is 10.7. The van der Waals surface area contributed by atoms with Gasteiger partial charge in [0, 0.05) is 25.3 Å². The van der Waals surface area contributed by atoms with Crippen molar-refractivity contribution in [3.05, 3.63) is 47.3 Å². The molecule has 0 aliphatic rings. The summed E-state index contributed by atoms with van der Waals surface area (Å²) in [6.45, 7) is 7.42. The number of ether oxygens (including phenoxy) is 1. The lowest BCUT2D eigenvalue weighted by molar-refractivity contribution is -0.153. The third-order valence-corrected chi connectivity index (χ3v) is 4.03. The molecule has 0 spiro atoms. The van der Waals surface area contributed by atoms with Crippen LogP contribution in [-0.4, -0.2) is 41.6 Å². The van der Waals surface area contributed by atoms with E-state index < -0.39 is 12.8 Å². The van der Waals surface area contributed by atoms with Crippen molar-refractivity contribution >= 4 is 5.96 Å². The van der Waals surface area contributed by atoms with Gasteiger partial charge in [-0.05, 0) is 51.0 Å². The topological polar surface area (TPSA) is 63.5 Å². The largest absolute Gasteiger partial charge is 0.484 e. The van der Waals surface area contributed by atoms with Gasteiger partial charge in [0.2, 0.25) is 0 Å². The highest BCUT2D eigenvalue weighted by molar-refractivity contribution is 5.79. The van der Waals surface area contributed by atoms with Gasteiger partial charge in [-0.1, -0.05) is 12.1 Å². The van der Waals surface area contributed by atoms with Crippen molar-refractivity contribution in [1.29, 1.82) is 0 Å². The molecule has 6 nitrogen and oxygen atoms in total. The maximum Gasteiger partial charge on any atom is 0.422 e. The molecule has 2 N–H and O–H groups in total. The maximum atomic E-state index is 12.2. The van der Waals surface area contributed by atoms with Crippen molar-refractivity contribution in [3.63, 3.8) is 0 Å². The second-order valence-electron chi connectivity index (χ2n) is 6.67. The minimum atomic E-state index is -4.34. The van der Waals surface area contributed by atoms with Gasteiger partial charge in [0.1, 0.15) is 5.75 Å². The molecule has 29 heavy (non-hydrogen) atoms. The van der Waals surface area contributed by atoms with Gasteiger partial charge < -0.3 is 15.4 Å². The monoisotopic (exact) mass is 411 g/mol. The number of nitrogens with zero attached hydrogens (tertiary/aromatic N) is 3. The first kappa shape index (κ1) is 22.6. The Morgan fingerprint density at radius 1 is 1.17 bits per heavy atom. The van der Waals surface area contributed by atoms with Crippen LogP contribution in [0.1, 0.15) is 30.3 Å². The van der Waals surface area contributed by atoms with Crippen LogP contribution in [0.5, 0.6) is 5.75 Å². The lowest BCUT2D eigenvalue weighted by Gasteiger charge is -2.12. The van der Waals surface area contributed by atoms with Crippen LogP contribution in [0.25, 0.3) is 0 Å². The Labute approximate surface area is 169 Å². The molecule has 0 saturated carbocycles. The van der Waals surface area contributed by atoms with Crippen LogP contribution in [0.2, 0.25) is 0 Å². The second-order valence-corrected chi connectivity index (χ2v) is 6.67. The van der Waals surface area contributed by atoms with E-state index in [-0.39, 0.29) is 5.75 Å². The first-order chi connectivity index (χ1) is 13.8. The zero-order valence-corrected chi connectivity index (χ0v) is 17.0.